The fraction of sp³-hybridized carbons (Fsp3) is 0.429. The Hall–Kier alpha value is -0.850. The van der Waals surface area contributed by atoms with Gasteiger partial charge in [-0.05, 0) is 40.9 Å². The number of hydrogen-bond acceptors (Lipinski definition) is 3. The highest BCUT2D eigenvalue weighted by molar-refractivity contribution is 9.11. The molecule has 4 nitrogen and oxygen atoms in total. The van der Waals surface area contributed by atoms with E-state index in [-0.39, 0.29) is 0 Å². The molecule has 0 aromatic carbocycles. The second-order valence-electron chi connectivity index (χ2n) is 4.87. The van der Waals surface area contributed by atoms with Crippen LogP contribution in [0.5, 0.6) is 0 Å². The summed E-state index contributed by atoms with van der Waals surface area (Å²) in [6.45, 7) is 2.97. The lowest BCUT2D eigenvalue weighted by Crippen LogP contribution is -2.08. The van der Waals surface area contributed by atoms with E-state index in [0.717, 1.165) is 42.1 Å². The molecule has 21 heavy (non-hydrogen) atoms. The number of hydrogen-bond donors (Lipinski definition) is 0. The van der Waals surface area contributed by atoms with Gasteiger partial charge in [-0.3, -0.25) is 4.68 Å². The van der Waals surface area contributed by atoms with Crippen molar-refractivity contribution in [1.29, 1.82) is 0 Å². The highest BCUT2D eigenvalue weighted by Crippen LogP contribution is 2.25. The highest BCUT2D eigenvalue weighted by atomic mass is 79.9. The third-order valence-electron chi connectivity index (χ3n) is 3.54. The molecule has 0 spiro atoms. The minimum absolute atomic E-state index is 0.423. The monoisotopic (exact) mass is 386 g/mol. The van der Waals surface area contributed by atoms with Gasteiger partial charge in [0.2, 0.25) is 0 Å². The van der Waals surface area contributed by atoms with E-state index >= 15 is 0 Å². The zero-order valence-corrected chi connectivity index (χ0v) is 15.1. The average Bonchev–Trinajstić information content (AvgIpc) is 3.12. The molecule has 0 bridgehead atoms. The molecule has 3 heterocycles. The summed E-state index contributed by atoms with van der Waals surface area (Å²) < 4.78 is 5.28. The SMILES string of the molecule is CCc1nn(C)c2c1nc(CCl)n2CCc1ccc(Br)s1. The standard InChI is InChI=1S/C14H16BrClN4S/c1-3-10-13-14(19(2)18-10)20(12(8-16)17-13)7-6-9-4-5-11(15)21-9/h4-5H,3,6-8H2,1-2H3. The predicted molar refractivity (Wildman–Crippen MR) is 91.2 cm³/mol. The van der Waals surface area contributed by atoms with Crippen molar-refractivity contribution >= 4 is 50.0 Å². The number of fused-ring (bicyclic) bond motifs is 1. The van der Waals surface area contributed by atoms with Crippen molar-refractivity contribution < 1.29 is 0 Å². The second kappa shape index (κ2) is 6.10. The van der Waals surface area contributed by atoms with Crippen molar-refractivity contribution in [2.45, 2.75) is 32.2 Å². The highest BCUT2D eigenvalue weighted by Gasteiger charge is 2.17. The zero-order valence-electron chi connectivity index (χ0n) is 11.9. The maximum atomic E-state index is 6.08. The van der Waals surface area contributed by atoms with Crippen LogP contribution in [0.4, 0.5) is 0 Å². The lowest BCUT2D eigenvalue weighted by molar-refractivity contribution is 0.652. The molecule has 0 aliphatic heterocycles. The lowest BCUT2D eigenvalue weighted by atomic mass is 10.3. The molecule has 7 heteroatoms. The van der Waals surface area contributed by atoms with Crippen LogP contribution in [0.15, 0.2) is 15.9 Å². The van der Waals surface area contributed by atoms with E-state index in [1.807, 2.05) is 11.7 Å². The van der Waals surface area contributed by atoms with Crippen LogP contribution in [0, 0.1) is 0 Å². The normalized spacial score (nSPS) is 11.6. The molecular weight excluding hydrogens is 372 g/mol. The molecule has 0 amide bonds. The summed E-state index contributed by atoms with van der Waals surface area (Å²) in [6, 6.07) is 4.25. The maximum absolute atomic E-state index is 6.08. The minimum Gasteiger partial charge on any atom is -0.312 e. The first-order valence-electron chi connectivity index (χ1n) is 6.85. The molecule has 0 unspecified atom stereocenters. The Labute approximate surface area is 140 Å². The first kappa shape index (κ1) is 15.1. The van der Waals surface area contributed by atoms with Crippen molar-refractivity contribution in [3.05, 3.63) is 32.3 Å². The summed E-state index contributed by atoms with van der Waals surface area (Å²) in [4.78, 5) is 6.03. The van der Waals surface area contributed by atoms with Crippen LogP contribution in [0.2, 0.25) is 0 Å². The number of aryl methyl sites for hydroxylation is 4. The van der Waals surface area contributed by atoms with Crippen molar-refractivity contribution in [2.24, 2.45) is 7.05 Å². The number of halogens is 2. The van der Waals surface area contributed by atoms with E-state index in [2.05, 4.69) is 49.6 Å². The molecule has 0 fully saturated rings. The maximum Gasteiger partial charge on any atom is 0.158 e. The quantitative estimate of drug-likeness (QED) is 0.617. The van der Waals surface area contributed by atoms with Crippen molar-refractivity contribution in [2.75, 3.05) is 0 Å². The molecule has 0 atom stereocenters. The van der Waals surface area contributed by atoms with Crippen LogP contribution in [0.25, 0.3) is 11.2 Å². The predicted octanol–water partition coefficient (Wildman–Crippen LogP) is 4.14. The first-order chi connectivity index (χ1) is 10.1. The summed E-state index contributed by atoms with van der Waals surface area (Å²) in [5.74, 6) is 1.34. The van der Waals surface area contributed by atoms with Gasteiger partial charge in [0.1, 0.15) is 11.3 Å². The molecule has 3 aromatic rings. The van der Waals surface area contributed by atoms with Gasteiger partial charge in [0.25, 0.3) is 0 Å². The van der Waals surface area contributed by atoms with Gasteiger partial charge in [-0.2, -0.15) is 5.10 Å². The van der Waals surface area contributed by atoms with Crippen molar-refractivity contribution in [1.82, 2.24) is 19.3 Å². The number of aromatic nitrogens is 4. The van der Waals surface area contributed by atoms with Crippen molar-refractivity contribution in [3.8, 4) is 0 Å². The molecule has 0 radical (unpaired) electrons. The summed E-state index contributed by atoms with van der Waals surface area (Å²) in [7, 11) is 1.97. The molecular formula is C14H16BrClN4S. The summed E-state index contributed by atoms with van der Waals surface area (Å²) in [6.07, 6.45) is 1.85. The van der Waals surface area contributed by atoms with E-state index in [1.54, 1.807) is 11.3 Å². The van der Waals surface area contributed by atoms with Crippen LogP contribution < -0.4 is 0 Å². The van der Waals surface area contributed by atoms with Crippen molar-refractivity contribution in [3.63, 3.8) is 0 Å². The molecule has 3 aromatic heterocycles. The smallest absolute Gasteiger partial charge is 0.158 e. The number of imidazole rings is 1. The third kappa shape index (κ3) is 2.76. The van der Waals surface area contributed by atoms with Crippen LogP contribution in [-0.2, 0) is 32.3 Å². The fourth-order valence-electron chi connectivity index (χ4n) is 2.57. The first-order valence-corrected chi connectivity index (χ1v) is 8.99. The van der Waals surface area contributed by atoms with Gasteiger partial charge in [-0.25, -0.2) is 4.98 Å². The zero-order chi connectivity index (χ0) is 15.0. The molecule has 0 saturated heterocycles. The Morgan fingerprint density at radius 1 is 1.38 bits per heavy atom. The topological polar surface area (TPSA) is 35.6 Å². The third-order valence-corrected chi connectivity index (χ3v) is 5.46. The van der Waals surface area contributed by atoms with E-state index < -0.39 is 0 Å². The van der Waals surface area contributed by atoms with Crippen LogP contribution >= 0.6 is 38.9 Å². The van der Waals surface area contributed by atoms with Gasteiger partial charge in [0, 0.05) is 18.5 Å². The molecule has 0 aliphatic carbocycles. The lowest BCUT2D eigenvalue weighted by Gasteiger charge is -2.07. The number of nitrogens with zero attached hydrogens (tertiary/aromatic N) is 4. The van der Waals surface area contributed by atoms with E-state index in [9.17, 15) is 0 Å². The summed E-state index contributed by atoms with van der Waals surface area (Å²) in [5.41, 5.74) is 3.10. The minimum atomic E-state index is 0.423. The van der Waals surface area contributed by atoms with Gasteiger partial charge in [-0.15, -0.1) is 22.9 Å². The number of thiophene rings is 1. The Balaban J connectivity index is 1.97. The fourth-order valence-corrected chi connectivity index (χ4v) is 4.25. The number of alkyl halides is 1. The van der Waals surface area contributed by atoms with E-state index in [4.69, 9.17) is 11.6 Å². The summed E-state index contributed by atoms with van der Waals surface area (Å²) >= 11 is 11.4. The molecule has 0 aliphatic rings. The molecule has 112 valence electrons. The molecule has 0 N–H and O–H groups in total. The molecule has 3 rings (SSSR count). The second-order valence-corrected chi connectivity index (χ2v) is 7.68. The number of rotatable bonds is 5. The molecule has 0 saturated carbocycles. The van der Waals surface area contributed by atoms with E-state index in [1.165, 1.54) is 8.66 Å². The Bertz CT molecular complexity index is 773. The Morgan fingerprint density at radius 2 is 2.19 bits per heavy atom. The van der Waals surface area contributed by atoms with Gasteiger partial charge in [0.15, 0.2) is 5.65 Å². The van der Waals surface area contributed by atoms with Gasteiger partial charge >= 0.3 is 0 Å². The van der Waals surface area contributed by atoms with Crippen LogP contribution in [0.3, 0.4) is 0 Å². The van der Waals surface area contributed by atoms with Crippen LogP contribution in [-0.4, -0.2) is 19.3 Å². The largest absolute Gasteiger partial charge is 0.312 e. The van der Waals surface area contributed by atoms with Gasteiger partial charge in [0.05, 0.1) is 15.4 Å². The average molecular weight is 388 g/mol. The van der Waals surface area contributed by atoms with Gasteiger partial charge < -0.3 is 4.57 Å². The van der Waals surface area contributed by atoms with E-state index in [0.29, 0.717) is 5.88 Å². The Morgan fingerprint density at radius 3 is 2.81 bits per heavy atom. The van der Waals surface area contributed by atoms with Gasteiger partial charge in [-0.1, -0.05) is 6.92 Å². The Kier molecular flexibility index (Phi) is 4.38. The summed E-state index contributed by atoms with van der Waals surface area (Å²) in [5, 5.41) is 4.55. The van der Waals surface area contributed by atoms with Crippen LogP contribution in [0.1, 0.15) is 23.3 Å².